The highest BCUT2D eigenvalue weighted by Crippen LogP contribution is 1.76. The minimum absolute atomic E-state index is 0.00213. The van der Waals surface area contributed by atoms with E-state index in [1.54, 1.807) is 0 Å². The number of hydrogen-bond donors (Lipinski definition) is 3. The van der Waals surface area contributed by atoms with Crippen molar-refractivity contribution in [2.75, 3.05) is 13.2 Å². The first kappa shape index (κ1) is 9.25. The lowest BCUT2D eigenvalue weighted by molar-refractivity contribution is 0.289. The molecule has 6 heteroatoms. The Kier molecular flexibility index (Phi) is 4.24. The van der Waals surface area contributed by atoms with Crippen molar-refractivity contribution in [2.45, 2.75) is 6.42 Å². The van der Waals surface area contributed by atoms with Gasteiger partial charge in [0.25, 0.3) is 0 Å². The van der Waals surface area contributed by atoms with Crippen molar-refractivity contribution in [1.29, 1.82) is 0 Å². The van der Waals surface area contributed by atoms with Gasteiger partial charge in [-0.1, -0.05) is 0 Å². The quantitative estimate of drug-likeness (QED) is 0.479. The van der Waals surface area contributed by atoms with Gasteiger partial charge in [0.1, 0.15) is 0 Å². The Morgan fingerprint density at radius 1 is 1.67 bits per heavy atom. The van der Waals surface area contributed by atoms with Crippen LogP contribution < -0.4 is 4.72 Å². The Bertz CT molecular complexity index is 152. The Morgan fingerprint density at radius 3 is 2.56 bits per heavy atom. The van der Waals surface area contributed by atoms with Gasteiger partial charge in [-0.05, 0) is 6.42 Å². The molecule has 0 spiro atoms. The predicted molar refractivity (Wildman–Crippen MR) is 37.8 cm³/mol. The first-order valence-electron chi connectivity index (χ1n) is 2.39. The van der Waals surface area contributed by atoms with Crippen LogP contribution in [0.25, 0.3) is 0 Å². The maximum absolute atomic E-state index is 10.2. The highest BCUT2D eigenvalue weighted by atomic mass is 32.8. The fraction of sp³-hybridized carbons (Fsp3) is 1.00. The van der Waals surface area contributed by atoms with Crippen LogP contribution in [0, 0.1) is 0 Å². The second-order valence-electron chi connectivity index (χ2n) is 1.45. The van der Waals surface area contributed by atoms with E-state index < -0.39 is 8.96 Å². The molecule has 56 valence electrons. The maximum atomic E-state index is 10.2. The van der Waals surface area contributed by atoms with Crippen molar-refractivity contribution >= 4 is 20.1 Å². The Morgan fingerprint density at radius 2 is 2.22 bits per heavy atom. The van der Waals surface area contributed by atoms with Crippen LogP contribution in [0.1, 0.15) is 6.42 Å². The summed E-state index contributed by atoms with van der Waals surface area (Å²) in [5, 5.41) is 8.21. The number of aliphatic hydroxyl groups is 1. The first-order chi connectivity index (χ1) is 4.06. The van der Waals surface area contributed by atoms with Crippen LogP contribution in [-0.2, 0) is 20.1 Å². The fourth-order valence-corrected chi connectivity index (χ4v) is 0.932. The van der Waals surface area contributed by atoms with Crippen molar-refractivity contribution in [2.24, 2.45) is 0 Å². The lowest BCUT2D eigenvalue weighted by atomic mass is 10.5. The minimum atomic E-state index is -3.22. The number of rotatable bonds is 4. The Balaban J connectivity index is 3.30. The van der Waals surface area contributed by atoms with Crippen molar-refractivity contribution in [3.05, 3.63) is 0 Å². The van der Waals surface area contributed by atoms with E-state index in [4.69, 9.17) is 9.66 Å². The summed E-state index contributed by atoms with van der Waals surface area (Å²) in [7, 11) is -3.22. The van der Waals surface area contributed by atoms with Gasteiger partial charge in [0.15, 0.2) is 0 Å². The van der Waals surface area contributed by atoms with E-state index in [9.17, 15) is 4.21 Å². The largest absolute Gasteiger partial charge is 0.396 e. The van der Waals surface area contributed by atoms with Crippen LogP contribution in [0.5, 0.6) is 0 Å². The molecule has 0 aliphatic heterocycles. The van der Waals surface area contributed by atoms with Gasteiger partial charge in [0, 0.05) is 24.3 Å². The van der Waals surface area contributed by atoms with Gasteiger partial charge in [-0.25, -0.2) is 8.93 Å². The zero-order valence-electron chi connectivity index (χ0n) is 4.74. The van der Waals surface area contributed by atoms with Crippen LogP contribution in [0.15, 0.2) is 0 Å². The summed E-state index contributed by atoms with van der Waals surface area (Å²) in [6.45, 7) is 0.271. The third-order valence-electron chi connectivity index (χ3n) is 0.619. The molecule has 0 aromatic carbocycles. The number of aliphatic hydroxyl groups excluding tert-OH is 1. The van der Waals surface area contributed by atoms with Crippen LogP contribution in [0.3, 0.4) is 0 Å². The second kappa shape index (κ2) is 4.13. The van der Waals surface area contributed by atoms with E-state index in [0.717, 1.165) is 0 Å². The minimum Gasteiger partial charge on any atom is -0.396 e. The van der Waals surface area contributed by atoms with E-state index in [-0.39, 0.29) is 13.2 Å². The molecule has 0 amide bonds. The van der Waals surface area contributed by atoms with Gasteiger partial charge >= 0.3 is 0 Å². The molecule has 0 aromatic rings. The molecule has 9 heavy (non-hydrogen) atoms. The van der Waals surface area contributed by atoms with Gasteiger partial charge in [-0.3, -0.25) is 4.55 Å². The molecular weight excluding hydrogens is 162 g/mol. The summed E-state index contributed by atoms with van der Waals surface area (Å²) in [5.74, 6) is 0. The molecule has 0 aromatic heterocycles. The summed E-state index contributed by atoms with van der Waals surface area (Å²) in [6.07, 6.45) is 0.439. The molecule has 1 atom stereocenters. The molecule has 0 aliphatic rings. The van der Waals surface area contributed by atoms with E-state index in [1.165, 1.54) is 0 Å². The van der Waals surface area contributed by atoms with E-state index in [0.29, 0.717) is 6.42 Å². The van der Waals surface area contributed by atoms with Gasteiger partial charge in [-0.15, -0.1) is 0 Å². The van der Waals surface area contributed by atoms with Gasteiger partial charge in [0.05, 0.1) is 0 Å². The average Bonchev–Trinajstić information content (AvgIpc) is 1.63. The standard InChI is InChI=1S/C3H9NO3S2/c5-3-1-2-4-9(6,7)8/h4-5H,1-3H2,(H,6,7,8). The highest BCUT2D eigenvalue weighted by Gasteiger charge is 1.94. The van der Waals surface area contributed by atoms with E-state index in [1.807, 2.05) is 0 Å². The molecule has 0 saturated heterocycles. The molecule has 0 bridgehead atoms. The van der Waals surface area contributed by atoms with Crippen LogP contribution in [0.2, 0.25) is 0 Å². The summed E-state index contributed by atoms with van der Waals surface area (Å²) in [4.78, 5) is 0. The topological polar surface area (TPSA) is 69.6 Å². The lowest BCUT2D eigenvalue weighted by Gasteiger charge is -1.98. The highest BCUT2D eigenvalue weighted by molar-refractivity contribution is 8.28. The summed E-state index contributed by atoms with van der Waals surface area (Å²) < 4.78 is 20.8. The molecule has 0 rings (SSSR count). The molecule has 4 nitrogen and oxygen atoms in total. The van der Waals surface area contributed by atoms with Crippen molar-refractivity contribution < 1.29 is 13.9 Å². The second-order valence-corrected chi connectivity index (χ2v) is 4.04. The molecule has 0 fully saturated rings. The van der Waals surface area contributed by atoms with Crippen molar-refractivity contribution in [3.63, 3.8) is 0 Å². The summed E-state index contributed by atoms with van der Waals surface area (Å²) in [6, 6.07) is 0. The van der Waals surface area contributed by atoms with Crippen LogP contribution >= 0.6 is 0 Å². The van der Waals surface area contributed by atoms with Crippen molar-refractivity contribution in [3.8, 4) is 0 Å². The molecule has 0 saturated carbocycles. The smallest absolute Gasteiger partial charge is 0.207 e. The third kappa shape index (κ3) is 8.25. The third-order valence-corrected chi connectivity index (χ3v) is 1.54. The maximum Gasteiger partial charge on any atom is 0.207 e. The van der Waals surface area contributed by atoms with E-state index >= 15 is 0 Å². The SMILES string of the molecule is O=S(O)(=S)NCCCO. The molecule has 0 heterocycles. The van der Waals surface area contributed by atoms with Crippen LogP contribution in [0.4, 0.5) is 0 Å². The predicted octanol–water partition coefficient (Wildman–Crippen LogP) is -0.907. The first-order valence-corrected chi connectivity index (χ1v) is 4.83. The molecule has 1 unspecified atom stereocenters. The Labute approximate surface area is 58.9 Å². The Hall–Kier alpha value is 0.250. The normalized spacial score (nSPS) is 17.1. The lowest BCUT2D eigenvalue weighted by Crippen LogP contribution is -2.23. The van der Waals surface area contributed by atoms with E-state index in [2.05, 4.69) is 15.9 Å². The van der Waals surface area contributed by atoms with Gasteiger partial charge in [-0.2, -0.15) is 0 Å². The summed E-state index contributed by atoms with van der Waals surface area (Å²) >= 11 is 4.09. The molecule has 3 N–H and O–H groups in total. The zero-order valence-corrected chi connectivity index (χ0v) is 6.37. The summed E-state index contributed by atoms with van der Waals surface area (Å²) in [5.41, 5.74) is 0. The number of nitrogens with one attached hydrogen (secondary N) is 1. The van der Waals surface area contributed by atoms with Gasteiger partial charge in [0.2, 0.25) is 8.96 Å². The zero-order chi connectivity index (χ0) is 7.33. The average molecular weight is 171 g/mol. The van der Waals surface area contributed by atoms with Gasteiger partial charge < -0.3 is 5.11 Å². The molecule has 0 aliphatic carbocycles. The molecular formula is C3H9NO3S2. The monoisotopic (exact) mass is 171 g/mol. The fourth-order valence-electron chi connectivity index (χ4n) is 0.280. The molecule has 0 radical (unpaired) electrons. The van der Waals surface area contributed by atoms with Crippen LogP contribution in [-0.4, -0.2) is 27.0 Å². The van der Waals surface area contributed by atoms with Crippen molar-refractivity contribution in [1.82, 2.24) is 4.72 Å². The number of hydrogen-bond acceptors (Lipinski definition) is 3.